The van der Waals surface area contributed by atoms with Gasteiger partial charge in [0.25, 0.3) is 5.91 Å². The first kappa shape index (κ1) is 15.7. The van der Waals surface area contributed by atoms with Gasteiger partial charge in [0.15, 0.2) is 5.82 Å². The maximum absolute atomic E-state index is 13.5. The maximum Gasteiger partial charge on any atom is 0.254 e. The van der Waals surface area contributed by atoms with Crippen LogP contribution in [0.25, 0.3) is 0 Å². The predicted molar refractivity (Wildman–Crippen MR) is 72.1 cm³/mol. The van der Waals surface area contributed by atoms with E-state index in [1.54, 1.807) is 11.8 Å². The highest BCUT2D eigenvalue weighted by Gasteiger charge is 2.15. The fourth-order valence-corrected chi connectivity index (χ4v) is 2.16. The Kier molecular flexibility index (Phi) is 6.58. The molecule has 0 bridgehead atoms. The molecule has 0 saturated carbocycles. The van der Waals surface area contributed by atoms with Gasteiger partial charge in [-0.2, -0.15) is 11.8 Å². The van der Waals surface area contributed by atoms with Gasteiger partial charge in [0.2, 0.25) is 0 Å². The van der Waals surface area contributed by atoms with Crippen LogP contribution in [0.15, 0.2) is 12.1 Å². The highest BCUT2D eigenvalue weighted by Crippen LogP contribution is 2.17. The van der Waals surface area contributed by atoms with Crippen LogP contribution in [-0.4, -0.2) is 35.7 Å². The summed E-state index contributed by atoms with van der Waals surface area (Å²) in [5.41, 5.74) is 4.47. The molecule has 1 aromatic carbocycles. The molecule has 0 aliphatic heterocycles. The van der Waals surface area contributed by atoms with Crippen LogP contribution < -0.4 is 11.1 Å². The van der Waals surface area contributed by atoms with Gasteiger partial charge < -0.3 is 16.2 Å². The van der Waals surface area contributed by atoms with Crippen molar-refractivity contribution in [2.75, 3.05) is 30.4 Å². The van der Waals surface area contributed by atoms with Crippen molar-refractivity contribution in [2.45, 2.75) is 6.42 Å². The van der Waals surface area contributed by atoms with Crippen molar-refractivity contribution in [2.24, 2.45) is 0 Å². The standard InChI is InChI=1S/C12H16F2N2O2S/c13-8-6-9(11(14)10(15)7-8)12(18)16-2-5-19-4-1-3-17/h6-7,17H,1-5,15H2,(H,16,18). The summed E-state index contributed by atoms with van der Waals surface area (Å²) in [7, 11) is 0. The Labute approximate surface area is 114 Å². The van der Waals surface area contributed by atoms with Crippen molar-refractivity contribution >= 4 is 23.4 Å². The van der Waals surface area contributed by atoms with E-state index in [1.165, 1.54) is 0 Å². The summed E-state index contributed by atoms with van der Waals surface area (Å²) in [6.45, 7) is 0.470. The van der Waals surface area contributed by atoms with Gasteiger partial charge in [0.1, 0.15) is 5.82 Å². The van der Waals surface area contributed by atoms with Crippen LogP contribution in [0.5, 0.6) is 0 Å². The van der Waals surface area contributed by atoms with Crippen molar-refractivity contribution < 1.29 is 18.7 Å². The quantitative estimate of drug-likeness (QED) is 0.524. The van der Waals surface area contributed by atoms with Crippen molar-refractivity contribution in [3.05, 3.63) is 29.3 Å². The smallest absolute Gasteiger partial charge is 0.254 e. The number of halogens is 2. The lowest BCUT2D eigenvalue weighted by Gasteiger charge is -2.07. The molecule has 0 atom stereocenters. The normalized spacial score (nSPS) is 10.5. The van der Waals surface area contributed by atoms with E-state index in [4.69, 9.17) is 10.8 Å². The Morgan fingerprint density at radius 1 is 1.37 bits per heavy atom. The molecule has 0 aromatic heterocycles. The van der Waals surface area contributed by atoms with Crippen LogP contribution in [0.3, 0.4) is 0 Å². The zero-order chi connectivity index (χ0) is 14.3. The molecule has 19 heavy (non-hydrogen) atoms. The van der Waals surface area contributed by atoms with E-state index in [0.717, 1.165) is 17.9 Å². The molecule has 0 spiro atoms. The fraction of sp³-hybridized carbons (Fsp3) is 0.417. The number of hydrogen-bond donors (Lipinski definition) is 3. The number of hydrogen-bond acceptors (Lipinski definition) is 4. The monoisotopic (exact) mass is 290 g/mol. The number of nitrogens with one attached hydrogen (secondary N) is 1. The molecule has 1 aromatic rings. The van der Waals surface area contributed by atoms with E-state index in [1.807, 2.05) is 0 Å². The Hall–Kier alpha value is -1.34. The molecule has 0 radical (unpaired) electrons. The van der Waals surface area contributed by atoms with Crippen molar-refractivity contribution in [3.63, 3.8) is 0 Å². The minimum atomic E-state index is -0.910. The zero-order valence-corrected chi connectivity index (χ0v) is 11.1. The van der Waals surface area contributed by atoms with Gasteiger partial charge in [-0.3, -0.25) is 4.79 Å². The number of thioether (sulfide) groups is 1. The van der Waals surface area contributed by atoms with Gasteiger partial charge in [-0.25, -0.2) is 8.78 Å². The van der Waals surface area contributed by atoms with E-state index in [9.17, 15) is 13.6 Å². The first-order valence-electron chi connectivity index (χ1n) is 5.77. The number of aliphatic hydroxyl groups excluding tert-OH is 1. The van der Waals surface area contributed by atoms with Gasteiger partial charge in [0, 0.05) is 18.9 Å². The Bertz CT molecular complexity index is 444. The molecule has 7 heteroatoms. The second kappa shape index (κ2) is 7.96. The summed E-state index contributed by atoms with van der Waals surface area (Å²) in [6, 6.07) is 1.65. The lowest BCUT2D eigenvalue weighted by Crippen LogP contribution is -2.27. The lowest BCUT2D eigenvalue weighted by molar-refractivity contribution is 0.0951. The van der Waals surface area contributed by atoms with Gasteiger partial charge in [-0.15, -0.1) is 0 Å². The summed E-state index contributed by atoms with van der Waals surface area (Å²) in [4.78, 5) is 11.6. The largest absolute Gasteiger partial charge is 0.396 e. The van der Waals surface area contributed by atoms with Crippen LogP contribution in [0, 0.1) is 11.6 Å². The fourth-order valence-electron chi connectivity index (χ4n) is 1.38. The molecule has 0 aliphatic carbocycles. The van der Waals surface area contributed by atoms with Crippen molar-refractivity contribution in [1.29, 1.82) is 0 Å². The molecule has 0 fully saturated rings. The van der Waals surface area contributed by atoms with Gasteiger partial charge in [-0.1, -0.05) is 0 Å². The van der Waals surface area contributed by atoms with Crippen molar-refractivity contribution in [3.8, 4) is 0 Å². The number of carbonyl (C=O) groups excluding carboxylic acids is 1. The third kappa shape index (κ3) is 5.04. The molecule has 1 rings (SSSR count). The number of nitrogens with two attached hydrogens (primary N) is 1. The van der Waals surface area contributed by atoms with Gasteiger partial charge in [0.05, 0.1) is 11.3 Å². The van der Waals surface area contributed by atoms with E-state index >= 15 is 0 Å². The highest BCUT2D eigenvalue weighted by molar-refractivity contribution is 7.99. The topological polar surface area (TPSA) is 75.4 Å². The van der Waals surface area contributed by atoms with Gasteiger partial charge in [-0.05, 0) is 24.3 Å². The molecular formula is C12H16F2N2O2S. The number of benzene rings is 1. The van der Waals surface area contributed by atoms with Crippen LogP contribution in [0.2, 0.25) is 0 Å². The molecule has 4 nitrogen and oxygen atoms in total. The van der Waals surface area contributed by atoms with Crippen LogP contribution in [0.4, 0.5) is 14.5 Å². The third-order valence-corrected chi connectivity index (χ3v) is 3.36. The summed E-state index contributed by atoms with van der Waals surface area (Å²) in [5.74, 6) is -0.925. The first-order chi connectivity index (χ1) is 9.06. The second-order valence-electron chi connectivity index (χ2n) is 3.80. The number of amides is 1. The Morgan fingerprint density at radius 2 is 2.11 bits per heavy atom. The average Bonchev–Trinajstić information content (AvgIpc) is 2.37. The SMILES string of the molecule is Nc1cc(F)cc(C(=O)NCCSCCCO)c1F. The summed E-state index contributed by atoms with van der Waals surface area (Å²) in [5, 5.41) is 11.1. The van der Waals surface area contributed by atoms with E-state index in [2.05, 4.69) is 5.32 Å². The Morgan fingerprint density at radius 3 is 2.79 bits per heavy atom. The second-order valence-corrected chi connectivity index (χ2v) is 5.03. The summed E-state index contributed by atoms with van der Waals surface area (Å²) < 4.78 is 26.6. The molecule has 0 aliphatic rings. The number of rotatable bonds is 7. The Balaban J connectivity index is 2.46. The highest BCUT2D eigenvalue weighted by atomic mass is 32.2. The number of anilines is 1. The number of nitrogen functional groups attached to an aromatic ring is 1. The molecular weight excluding hydrogens is 274 g/mol. The number of carbonyl (C=O) groups is 1. The minimum absolute atomic E-state index is 0.132. The zero-order valence-electron chi connectivity index (χ0n) is 10.3. The minimum Gasteiger partial charge on any atom is -0.396 e. The van der Waals surface area contributed by atoms with Crippen LogP contribution in [-0.2, 0) is 0 Å². The predicted octanol–water partition coefficient (Wildman–Crippen LogP) is 1.39. The molecule has 0 saturated heterocycles. The first-order valence-corrected chi connectivity index (χ1v) is 6.93. The maximum atomic E-state index is 13.5. The van der Waals surface area contributed by atoms with Crippen LogP contribution in [0.1, 0.15) is 16.8 Å². The van der Waals surface area contributed by atoms with Crippen molar-refractivity contribution in [1.82, 2.24) is 5.32 Å². The molecule has 0 unspecified atom stereocenters. The lowest BCUT2D eigenvalue weighted by atomic mass is 10.1. The van der Waals surface area contributed by atoms with E-state index < -0.39 is 23.1 Å². The summed E-state index contributed by atoms with van der Waals surface area (Å²) >= 11 is 1.56. The van der Waals surface area contributed by atoms with Crippen LogP contribution >= 0.6 is 11.8 Å². The molecule has 1 amide bonds. The molecule has 106 valence electrons. The third-order valence-electron chi connectivity index (χ3n) is 2.29. The molecule has 0 heterocycles. The average molecular weight is 290 g/mol. The van der Waals surface area contributed by atoms with E-state index in [0.29, 0.717) is 18.7 Å². The van der Waals surface area contributed by atoms with Gasteiger partial charge >= 0.3 is 0 Å². The number of aliphatic hydroxyl groups is 1. The summed E-state index contributed by atoms with van der Waals surface area (Å²) in [6.07, 6.45) is 0.688. The van der Waals surface area contributed by atoms with E-state index in [-0.39, 0.29) is 12.3 Å². The molecule has 4 N–H and O–H groups in total.